The SMILES string of the molecule is Cn1c(=O)c(C(=O)COC(=O)Cc2n[nH]c(=O)c3ccccc23)c(N)n(Cc2ccccc2)c1=O. The number of anilines is 1. The van der Waals surface area contributed by atoms with Gasteiger partial charge in [0.1, 0.15) is 11.4 Å². The van der Waals surface area contributed by atoms with E-state index in [1.54, 1.807) is 48.5 Å². The minimum absolute atomic E-state index is 0.0463. The predicted octanol–water partition coefficient (Wildman–Crippen LogP) is 0.383. The summed E-state index contributed by atoms with van der Waals surface area (Å²) in [6, 6.07) is 15.5. The highest BCUT2D eigenvalue weighted by atomic mass is 16.5. The van der Waals surface area contributed by atoms with E-state index in [0.717, 1.165) is 14.7 Å². The van der Waals surface area contributed by atoms with Gasteiger partial charge in [0.25, 0.3) is 11.1 Å². The lowest BCUT2D eigenvalue weighted by Gasteiger charge is -2.14. The minimum atomic E-state index is -0.883. The summed E-state index contributed by atoms with van der Waals surface area (Å²) in [5.74, 6) is -1.95. The van der Waals surface area contributed by atoms with Crippen molar-refractivity contribution in [3.63, 3.8) is 0 Å². The number of H-pyrrole nitrogens is 1. The first-order valence-electron chi connectivity index (χ1n) is 10.6. The molecule has 0 spiro atoms. The van der Waals surface area contributed by atoms with Gasteiger partial charge in [-0.1, -0.05) is 48.5 Å². The average molecular weight is 475 g/mol. The van der Waals surface area contributed by atoms with Crippen LogP contribution in [0.5, 0.6) is 0 Å². The molecule has 0 radical (unpaired) electrons. The number of nitrogens with two attached hydrogens (primary N) is 1. The fourth-order valence-corrected chi connectivity index (χ4v) is 3.68. The third kappa shape index (κ3) is 4.64. The largest absolute Gasteiger partial charge is 0.457 e. The van der Waals surface area contributed by atoms with E-state index in [-0.39, 0.29) is 24.5 Å². The Balaban J connectivity index is 1.55. The van der Waals surface area contributed by atoms with Crippen LogP contribution in [0.2, 0.25) is 0 Å². The van der Waals surface area contributed by atoms with Crippen molar-refractivity contribution in [1.29, 1.82) is 0 Å². The summed E-state index contributed by atoms with van der Waals surface area (Å²) in [6.45, 7) is -0.715. The van der Waals surface area contributed by atoms with E-state index in [9.17, 15) is 24.0 Å². The number of ether oxygens (including phenoxy) is 1. The Morgan fingerprint density at radius 1 is 1.00 bits per heavy atom. The smallest absolute Gasteiger partial charge is 0.332 e. The molecule has 2 heterocycles. The highest BCUT2D eigenvalue weighted by molar-refractivity contribution is 6.01. The molecule has 0 saturated carbocycles. The average Bonchev–Trinajstić information content (AvgIpc) is 2.87. The highest BCUT2D eigenvalue weighted by Crippen LogP contribution is 2.14. The molecule has 178 valence electrons. The van der Waals surface area contributed by atoms with Gasteiger partial charge in [0, 0.05) is 12.4 Å². The van der Waals surface area contributed by atoms with Crippen molar-refractivity contribution in [2.75, 3.05) is 12.3 Å². The number of carbonyl (C=O) groups is 2. The molecule has 4 rings (SSSR count). The summed E-state index contributed by atoms with van der Waals surface area (Å²) < 4.78 is 6.96. The number of nitrogens with zero attached hydrogens (tertiary/aromatic N) is 3. The van der Waals surface area contributed by atoms with Crippen molar-refractivity contribution in [1.82, 2.24) is 19.3 Å². The van der Waals surface area contributed by atoms with Crippen LogP contribution >= 0.6 is 0 Å². The first-order valence-corrected chi connectivity index (χ1v) is 10.6. The first kappa shape index (κ1) is 23.4. The topological polar surface area (TPSA) is 159 Å². The zero-order valence-electron chi connectivity index (χ0n) is 18.7. The second kappa shape index (κ2) is 9.59. The van der Waals surface area contributed by atoms with E-state index >= 15 is 0 Å². The van der Waals surface area contributed by atoms with E-state index in [2.05, 4.69) is 10.2 Å². The van der Waals surface area contributed by atoms with Crippen molar-refractivity contribution in [2.24, 2.45) is 7.05 Å². The number of rotatable bonds is 7. The van der Waals surface area contributed by atoms with E-state index in [4.69, 9.17) is 10.5 Å². The number of benzene rings is 2. The summed E-state index contributed by atoms with van der Waals surface area (Å²) in [5, 5.41) is 7.05. The molecule has 11 nitrogen and oxygen atoms in total. The van der Waals surface area contributed by atoms with Gasteiger partial charge in [0.05, 0.1) is 24.0 Å². The van der Waals surface area contributed by atoms with Crippen LogP contribution in [0.1, 0.15) is 21.6 Å². The lowest BCUT2D eigenvalue weighted by Crippen LogP contribution is -2.43. The number of aromatic nitrogens is 4. The maximum atomic E-state index is 12.8. The Bertz CT molecular complexity index is 1620. The maximum Gasteiger partial charge on any atom is 0.332 e. The van der Waals surface area contributed by atoms with Crippen LogP contribution in [0.25, 0.3) is 10.8 Å². The van der Waals surface area contributed by atoms with Crippen LogP contribution in [-0.2, 0) is 29.5 Å². The van der Waals surface area contributed by atoms with Crippen LogP contribution in [0.15, 0.2) is 69.0 Å². The van der Waals surface area contributed by atoms with Crippen LogP contribution in [0.4, 0.5) is 5.82 Å². The lowest BCUT2D eigenvalue weighted by atomic mass is 10.1. The highest BCUT2D eigenvalue weighted by Gasteiger charge is 2.23. The molecular weight excluding hydrogens is 454 g/mol. The molecule has 0 bridgehead atoms. The van der Waals surface area contributed by atoms with Gasteiger partial charge in [-0.05, 0) is 11.6 Å². The first-order chi connectivity index (χ1) is 16.8. The second-order valence-electron chi connectivity index (χ2n) is 7.78. The number of Topliss-reactive ketones (excluding diaryl/α,β-unsaturated/α-hetero) is 1. The second-order valence-corrected chi connectivity index (χ2v) is 7.78. The van der Waals surface area contributed by atoms with Crippen molar-refractivity contribution in [3.8, 4) is 0 Å². The molecule has 0 aliphatic heterocycles. The Morgan fingerprint density at radius 3 is 2.37 bits per heavy atom. The number of carbonyl (C=O) groups excluding carboxylic acids is 2. The predicted molar refractivity (Wildman–Crippen MR) is 127 cm³/mol. The van der Waals surface area contributed by atoms with Crippen molar-refractivity contribution >= 4 is 28.3 Å². The molecule has 35 heavy (non-hydrogen) atoms. The number of nitrogens with one attached hydrogen (secondary N) is 1. The van der Waals surface area contributed by atoms with Crippen molar-refractivity contribution < 1.29 is 14.3 Å². The van der Waals surface area contributed by atoms with Gasteiger partial charge in [-0.25, -0.2) is 9.89 Å². The maximum absolute atomic E-state index is 12.8. The molecule has 0 amide bonds. The fraction of sp³-hybridized carbons (Fsp3) is 0.167. The molecule has 4 aromatic rings. The fourth-order valence-electron chi connectivity index (χ4n) is 3.68. The summed E-state index contributed by atoms with van der Waals surface area (Å²) in [6.07, 6.45) is -0.314. The molecule has 3 N–H and O–H groups in total. The molecule has 0 aliphatic carbocycles. The van der Waals surface area contributed by atoms with Crippen LogP contribution in [0.3, 0.4) is 0 Å². The molecule has 0 unspecified atom stereocenters. The van der Waals surface area contributed by atoms with Gasteiger partial charge in [-0.3, -0.25) is 28.3 Å². The van der Waals surface area contributed by atoms with E-state index in [1.165, 1.54) is 7.05 Å². The molecule has 11 heteroatoms. The summed E-state index contributed by atoms with van der Waals surface area (Å²) in [7, 11) is 1.24. The number of aromatic amines is 1. The van der Waals surface area contributed by atoms with Gasteiger partial charge < -0.3 is 10.5 Å². The Labute approximate surface area is 197 Å². The summed E-state index contributed by atoms with van der Waals surface area (Å²) in [4.78, 5) is 62.4. The van der Waals surface area contributed by atoms with Crippen molar-refractivity contribution in [2.45, 2.75) is 13.0 Å². The summed E-state index contributed by atoms with van der Waals surface area (Å²) >= 11 is 0. The molecule has 2 aromatic heterocycles. The zero-order valence-corrected chi connectivity index (χ0v) is 18.7. The number of fused-ring (bicyclic) bond motifs is 1. The third-order valence-electron chi connectivity index (χ3n) is 5.50. The molecule has 2 aromatic carbocycles. The number of esters is 1. The Kier molecular flexibility index (Phi) is 6.40. The summed E-state index contributed by atoms with van der Waals surface area (Å²) in [5.41, 5.74) is 4.66. The molecular formula is C24H21N5O6. The molecule has 0 fully saturated rings. The molecule has 0 atom stereocenters. The molecule has 0 aliphatic rings. The minimum Gasteiger partial charge on any atom is -0.457 e. The normalized spacial score (nSPS) is 10.9. The van der Waals surface area contributed by atoms with E-state index in [1.807, 2.05) is 6.07 Å². The van der Waals surface area contributed by atoms with Gasteiger partial charge in [-0.2, -0.15) is 5.10 Å². The van der Waals surface area contributed by atoms with Crippen LogP contribution < -0.4 is 22.5 Å². The monoisotopic (exact) mass is 475 g/mol. The third-order valence-corrected chi connectivity index (χ3v) is 5.50. The van der Waals surface area contributed by atoms with Crippen LogP contribution in [-0.4, -0.2) is 37.7 Å². The van der Waals surface area contributed by atoms with Gasteiger partial charge in [-0.15, -0.1) is 0 Å². The lowest BCUT2D eigenvalue weighted by molar-refractivity contribution is -0.141. The zero-order chi connectivity index (χ0) is 25.1. The number of hydrogen-bond acceptors (Lipinski definition) is 8. The van der Waals surface area contributed by atoms with Gasteiger partial charge >= 0.3 is 11.7 Å². The Hall–Kier alpha value is -4.80. The van der Waals surface area contributed by atoms with Gasteiger partial charge in [0.15, 0.2) is 6.61 Å². The number of nitrogen functional groups attached to an aromatic ring is 1. The van der Waals surface area contributed by atoms with Gasteiger partial charge in [0.2, 0.25) is 5.78 Å². The van der Waals surface area contributed by atoms with Crippen molar-refractivity contribution in [3.05, 3.63) is 103 Å². The molecule has 0 saturated heterocycles. The number of ketones is 1. The Morgan fingerprint density at radius 2 is 1.66 bits per heavy atom. The van der Waals surface area contributed by atoms with Crippen LogP contribution in [0, 0.1) is 0 Å². The van der Waals surface area contributed by atoms with E-state index < -0.39 is 40.7 Å². The standard InChI is InChI=1S/C24H21N5O6/c1-28-23(33)20(21(25)29(24(28)34)12-14-7-3-2-4-8-14)18(30)13-35-19(31)11-17-15-9-5-6-10-16(15)22(32)27-26-17/h2-10H,11-13,25H2,1H3,(H,27,32). The van der Waals surface area contributed by atoms with E-state index in [0.29, 0.717) is 10.8 Å². The quantitative estimate of drug-likeness (QED) is 0.287. The number of hydrogen-bond donors (Lipinski definition) is 2.